The number of benzene rings is 2. The summed E-state index contributed by atoms with van der Waals surface area (Å²) in [5.74, 6) is -0.0826. The van der Waals surface area contributed by atoms with Gasteiger partial charge in [0.2, 0.25) is 0 Å². The van der Waals surface area contributed by atoms with Gasteiger partial charge in [-0.3, -0.25) is 4.79 Å². The van der Waals surface area contributed by atoms with Crippen molar-refractivity contribution in [2.45, 2.75) is 0 Å². The zero-order valence-corrected chi connectivity index (χ0v) is 11.6. The Bertz CT molecular complexity index is 679. The predicted molar refractivity (Wildman–Crippen MR) is 80.8 cm³/mol. The van der Waals surface area contributed by atoms with Crippen LogP contribution in [0.1, 0.15) is 5.56 Å². The highest BCUT2D eigenvalue weighted by Crippen LogP contribution is 2.31. The van der Waals surface area contributed by atoms with Crippen molar-refractivity contribution in [2.24, 2.45) is 0 Å². The van der Waals surface area contributed by atoms with Gasteiger partial charge in [-0.25, -0.2) is 0 Å². The van der Waals surface area contributed by atoms with Crippen molar-refractivity contribution in [3.05, 3.63) is 64.8 Å². The van der Waals surface area contributed by atoms with Crippen molar-refractivity contribution >= 4 is 38.8 Å². The number of halogens is 1. The Morgan fingerprint density at radius 1 is 1.05 bits per heavy atom. The van der Waals surface area contributed by atoms with E-state index in [1.807, 2.05) is 48.5 Å². The Kier molecular flexibility index (Phi) is 3.09. The smallest absolute Gasteiger partial charge is 0.257 e. The second-order valence-corrected chi connectivity index (χ2v) is 5.04. The van der Waals surface area contributed by atoms with Gasteiger partial charge >= 0.3 is 0 Å². The first-order valence-corrected chi connectivity index (χ1v) is 6.67. The van der Waals surface area contributed by atoms with E-state index in [9.17, 15) is 4.79 Å². The van der Waals surface area contributed by atoms with Crippen LogP contribution in [0.3, 0.4) is 0 Å². The third-order valence-corrected chi connectivity index (χ3v) is 3.65. The van der Waals surface area contributed by atoms with Gasteiger partial charge < -0.3 is 10.6 Å². The molecule has 0 radical (unpaired) electrons. The number of hydrogen-bond acceptors (Lipinski definition) is 2. The first-order chi connectivity index (χ1) is 9.25. The molecule has 0 aromatic heterocycles. The molecule has 0 saturated heterocycles. The van der Waals surface area contributed by atoms with E-state index in [0.29, 0.717) is 5.57 Å². The monoisotopic (exact) mass is 314 g/mol. The second kappa shape index (κ2) is 4.90. The fraction of sp³-hybridized carbons (Fsp3) is 0. The highest BCUT2D eigenvalue weighted by atomic mass is 79.9. The normalized spacial score (nSPS) is 15.2. The van der Waals surface area contributed by atoms with Crippen LogP contribution in [0, 0.1) is 0 Å². The van der Waals surface area contributed by atoms with Gasteiger partial charge in [-0.15, -0.1) is 0 Å². The van der Waals surface area contributed by atoms with E-state index in [4.69, 9.17) is 0 Å². The molecular weight excluding hydrogens is 304 g/mol. The Labute approximate surface area is 119 Å². The van der Waals surface area contributed by atoms with Gasteiger partial charge in [-0.2, -0.15) is 0 Å². The number of nitrogens with one attached hydrogen (secondary N) is 2. The molecule has 1 aliphatic rings. The van der Waals surface area contributed by atoms with Crippen LogP contribution in [0.5, 0.6) is 0 Å². The fourth-order valence-corrected chi connectivity index (χ4v) is 2.41. The molecular formula is C15H11BrN2O. The van der Waals surface area contributed by atoms with Crippen LogP contribution in [0.2, 0.25) is 0 Å². The highest BCUT2D eigenvalue weighted by Gasteiger charge is 2.23. The molecule has 2 N–H and O–H groups in total. The third kappa shape index (κ3) is 2.27. The van der Waals surface area contributed by atoms with Crippen molar-refractivity contribution in [2.75, 3.05) is 10.6 Å². The van der Waals surface area contributed by atoms with E-state index in [0.717, 1.165) is 21.4 Å². The lowest BCUT2D eigenvalue weighted by Crippen LogP contribution is -2.05. The summed E-state index contributed by atoms with van der Waals surface area (Å²) in [5.41, 5.74) is 3.35. The molecule has 2 aromatic carbocycles. The lowest BCUT2D eigenvalue weighted by Gasteiger charge is -2.04. The minimum absolute atomic E-state index is 0.0826. The number of amides is 1. The predicted octanol–water partition coefficient (Wildman–Crippen LogP) is 3.85. The third-order valence-electron chi connectivity index (χ3n) is 2.96. The van der Waals surface area contributed by atoms with Crippen LogP contribution in [-0.2, 0) is 4.79 Å². The van der Waals surface area contributed by atoms with Crippen LogP contribution in [0.4, 0.5) is 11.4 Å². The van der Waals surface area contributed by atoms with Gasteiger partial charge in [0.25, 0.3) is 5.91 Å². The Hall–Kier alpha value is -2.07. The van der Waals surface area contributed by atoms with Gasteiger partial charge in [-0.05, 0) is 34.1 Å². The lowest BCUT2D eigenvalue weighted by molar-refractivity contribution is -0.110. The van der Waals surface area contributed by atoms with Crippen LogP contribution in [0.15, 0.2) is 59.2 Å². The van der Waals surface area contributed by atoms with Crippen molar-refractivity contribution in [3.8, 4) is 0 Å². The van der Waals surface area contributed by atoms with Crippen molar-refractivity contribution in [1.82, 2.24) is 0 Å². The molecule has 0 unspecified atom stereocenters. The Morgan fingerprint density at radius 2 is 1.79 bits per heavy atom. The van der Waals surface area contributed by atoms with Gasteiger partial charge in [0.15, 0.2) is 0 Å². The average Bonchev–Trinajstić information content (AvgIpc) is 2.74. The molecule has 94 valence electrons. The molecule has 19 heavy (non-hydrogen) atoms. The molecule has 1 heterocycles. The Balaban J connectivity index is 1.93. The fourth-order valence-electron chi connectivity index (χ4n) is 2.01. The maximum Gasteiger partial charge on any atom is 0.257 e. The van der Waals surface area contributed by atoms with E-state index in [1.54, 1.807) is 6.20 Å². The molecule has 0 aliphatic carbocycles. The summed E-state index contributed by atoms with van der Waals surface area (Å²) in [6.45, 7) is 0. The minimum Gasteiger partial charge on any atom is -0.360 e. The average molecular weight is 315 g/mol. The maximum absolute atomic E-state index is 11.9. The molecule has 1 aliphatic heterocycles. The number of rotatable bonds is 2. The molecule has 0 bridgehead atoms. The topological polar surface area (TPSA) is 41.1 Å². The summed E-state index contributed by atoms with van der Waals surface area (Å²) in [6, 6.07) is 15.4. The summed E-state index contributed by atoms with van der Waals surface area (Å²) in [6.07, 6.45) is 1.74. The molecule has 4 heteroatoms. The zero-order valence-electron chi connectivity index (χ0n) is 9.98. The van der Waals surface area contributed by atoms with E-state index < -0.39 is 0 Å². The van der Waals surface area contributed by atoms with Gasteiger partial charge in [0.1, 0.15) is 0 Å². The first kappa shape index (κ1) is 12.0. The quantitative estimate of drug-likeness (QED) is 0.827. The number of carbonyl (C=O) groups is 1. The van der Waals surface area contributed by atoms with E-state index in [1.165, 1.54) is 0 Å². The molecule has 0 atom stereocenters. The molecule has 1 amide bonds. The molecule has 0 saturated carbocycles. The van der Waals surface area contributed by atoms with Gasteiger partial charge in [0, 0.05) is 21.9 Å². The number of para-hydroxylation sites is 2. The van der Waals surface area contributed by atoms with Gasteiger partial charge in [0.05, 0.1) is 11.3 Å². The minimum atomic E-state index is -0.0826. The van der Waals surface area contributed by atoms with Crippen LogP contribution in [-0.4, -0.2) is 5.91 Å². The van der Waals surface area contributed by atoms with E-state index in [-0.39, 0.29) is 5.91 Å². The van der Waals surface area contributed by atoms with Crippen LogP contribution in [0.25, 0.3) is 5.57 Å². The summed E-state index contributed by atoms with van der Waals surface area (Å²) < 4.78 is 0.957. The largest absolute Gasteiger partial charge is 0.360 e. The molecule has 2 aromatic rings. The van der Waals surface area contributed by atoms with Crippen LogP contribution >= 0.6 is 15.9 Å². The maximum atomic E-state index is 11.9. The lowest BCUT2D eigenvalue weighted by atomic mass is 10.1. The highest BCUT2D eigenvalue weighted by molar-refractivity contribution is 9.10. The summed E-state index contributed by atoms with van der Waals surface area (Å²) in [5, 5.41) is 6.00. The molecule has 3 nitrogen and oxygen atoms in total. The van der Waals surface area contributed by atoms with Crippen molar-refractivity contribution < 1.29 is 4.79 Å². The number of carbonyl (C=O) groups excluding carboxylic acids is 1. The van der Waals surface area contributed by atoms with Crippen molar-refractivity contribution in [3.63, 3.8) is 0 Å². The molecule has 0 fully saturated rings. The number of fused-ring (bicyclic) bond motifs is 1. The van der Waals surface area contributed by atoms with Crippen LogP contribution < -0.4 is 10.6 Å². The second-order valence-electron chi connectivity index (χ2n) is 4.18. The zero-order chi connectivity index (χ0) is 13.2. The summed E-state index contributed by atoms with van der Waals surface area (Å²) in [4.78, 5) is 11.9. The standard InChI is InChI=1S/C15H11BrN2O/c16-12-6-2-4-8-14(12)17-9-11-10-5-1-3-7-13(10)18-15(11)19/h1-9,17H,(H,18,19)/b11-9-. The SMILES string of the molecule is O=C1Nc2ccccc2/C1=C/Nc1ccccc1Br. The number of hydrogen-bond donors (Lipinski definition) is 2. The molecule has 3 rings (SSSR count). The van der Waals surface area contributed by atoms with Gasteiger partial charge in [-0.1, -0.05) is 30.3 Å². The van der Waals surface area contributed by atoms with Crippen molar-refractivity contribution in [1.29, 1.82) is 0 Å². The first-order valence-electron chi connectivity index (χ1n) is 5.88. The Morgan fingerprint density at radius 3 is 2.63 bits per heavy atom. The summed E-state index contributed by atoms with van der Waals surface area (Å²) in [7, 11) is 0. The molecule has 0 spiro atoms. The number of anilines is 2. The summed E-state index contributed by atoms with van der Waals surface area (Å²) >= 11 is 3.46. The van der Waals surface area contributed by atoms with E-state index >= 15 is 0 Å². The van der Waals surface area contributed by atoms with E-state index in [2.05, 4.69) is 26.6 Å².